The second kappa shape index (κ2) is 4.14. The topological polar surface area (TPSA) is 43.5 Å². The third kappa shape index (κ3) is 1.76. The number of ether oxygens (including phenoxy) is 1. The minimum atomic E-state index is 0.662. The minimum absolute atomic E-state index is 0.662. The highest BCUT2D eigenvalue weighted by Gasteiger charge is 2.12. The van der Waals surface area contributed by atoms with Gasteiger partial charge in [-0.05, 0) is 12.1 Å². The Morgan fingerprint density at radius 1 is 1.35 bits per heavy atom. The Morgan fingerprint density at radius 2 is 2.18 bits per heavy atom. The number of aromatic nitrogens is 3. The van der Waals surface area contributed by atoms with Crippen molar-refractivity contribution in [3.63, 3.8) is 0 Å². The number of rotatable bonds is 4. The van der Waals surface area contributed by atoms with Gasteiger partial charge < -0.3 is 10.2 Å². The van der Waals surface area contributed by atoms with E-state index in [1.54, 1.807) is 18.4 Å². The van der Waals surface area contributed by atoms with Crippen LogP contribution in [0, 0.1) is 0 Å². The molecule has 0 amide bonds. The number of hydrogen-bond acceptors (Lipinski definition) is 4. The molecule has 0 atom stereocenters. The zero-order chi connectivity index (χ0) is 11.7. The summed E-state index contributed by atoms with van der Waals surface area (Å²) in [5.41, 5.74) is 4.29. The number of imidazole rings is 1. The molecule has 3 aromatic heterocycles. The summed E-state index contributed by atoms with van der Waals surface area (Å²) in [7, 11) is 1.64. The first-order chi connectivity index (χ1) is 8.38. The van der Waals surface area contributed by atoms with Gasteiger partial charge in [-0.2, -0.15) is 4.98 Å². The molecule has 17 heavy (non-hydrogen) atoms. The number of nitrogens with zero attached hydrogens (tertiary/aromatic N) is 3. The predicted octanol–water partition coefficient (Wildman–Crippen LogP) is 1.95. The van der Waals surface area contributed by atoms with Crippen LogP contribution in [-0.2, 0) is 6.54 Å². The quantitative estimate of drug-likeness (QED) is 0.767. The van der Waals surface area contributed by atoms with Gasteiger partial charge in [0.25, 0.3) is 0 Å². The highest BCUT2D eigenvalue weighted by molar-refractivity contribution is 7.15. The first-order valence-corrected chi connectivity index (χ1v) is 6.11. The molecular formula is C11H12N4OS. The van der Waals surface area contributed by atoms with Crippen molar-refractivity contribution in [2.75, 3.05) is 12.5 Å². The molecule has 6 heteroatoms. The number of thiazole rings is 1. The number of methoxy groups -OCH3 is 1. The van der Waals surface area contributed by atoms with Crippen molar-refractivity contribution in [3.05, 3.63) is 41.8 Å². The van der Waals surface area contributed by atoms with Crippen molar-refractivity contribution in [3.8, 4) is 5.88 Å². The monoisotopic (exact) mass is 248 g/mol. The van der Waals surface area contributed by atoms with E-state index in [1.165, 1.54) is 0 Å². The third-order valence-corrected chi connectivity index (χ3v) is 3.31. The molecule has 0 unspecified atom stereocenters. The third-order valence-electron chi connectivity index (χ3n) is 2.55. The summed E-state index contributed by atoms with van der Waals surface area (Å²) in [4.78, 5) is 5.35. The standard InChI is InChI=1S/C11H12N4OS/c1-16-10-9(8-12-14-4-2-3-5-14)15-6-7-17-11(15)13-10/h2-7,12H,8H2,1H3. The lowest BCUT2D eigenvalue weighted by molar-refractivity contribution is 0.395. The van der Waals surface area contributed by atoms with Crippen molar-refractivity contribution in [2.24, 2.45) is 0 Å². The molecule has 3 rings (SSSR count). The summed E-state index contributed by atoms with van der Waals surface area (Å²) < 4.78 is 9.23. The molecule has 3 heterocycles. The maximum Gasteiger partial charge on any atom is 0.238 e. The van der Waals surface area contributed by atoms with E-state index in [0.717, 1.165) is 10.7 Å². The van der Waals surface area contributed by atoms with Crippen LogP contribution in [0.1, 0.15) is 5.69 Å². The van der Waals surface area contributed by atoms with Crippen molar-refractivity contribution < 1.29 is 4.74 Å². The fraction of sp³-hybridized carbons (Fsp3) is 0.182. The van der Waals surface area contributed by atoms with Gasteiger partial charge in [0, 0.05) is 24.0 Å². The van der Waals surface area contributed by atoms with E-state index >= 15 is 0 Å². The SMILES string of the molecule is COc1nc2sccn2c1CNn1cccc1. The molecule has 0 fully saturated rings. The van der Waals surface area contributed by atoms with Crippen LogP contribution in [0.4, 0.5) is 0 Å². The van der Waals surface area contributed by atoms with E-state index < -0.39 is 0 Å². The molecule has 0 aromatic carbocycles. The fourth-order valence-electron chi connectivity index (χ4n) is 1.74. The van der Waals surface area contributed by atoms with Crippen LogP contribution in [-0.4, -0.2) is 21.2 Å². The molecule has 0 saturated carbocycles. The van der Waals surface area contributed by atoms with E-state index in [9.17, 15) is 0 Å². The van der Waals surface area contributed by atoms with E-state index in [1.807, 2.05) is 45.2 Å². The lowest BCUT2D eigenvalue weighted by Crippen LogP contribution is -2.13. The lowest BCUT2D eigenvalue weighted by Gasteiger charge is -2.07. The Kier molecular flexibility index (Phi) is 2.49. The molecule has 0 bridgehead atoms. The average Bonchev–Trinajstić information content (AvgIpc) is 3.03. The van der Waals surface area contributed by atoms with Gasteiger partial charge in [0.15, 0.2) is 4.96 Å². The lowest BCUT2D eigenvalue weighted by atomic mass is 10.4. The molecule has 5 nitrogen and oxygen atoms in total. The molecule has 3 aromatic rings. The molecule has 88 valence electrons. The summed E-state index contributed by atoms with van der Waals surface area (Å²) in [6, 6.07) is 3.95. The van der Waals surface area contributed by atoms with Crippen LogP contribution in [0.15, 0.2) is 36.1 Å². The van der Waals surface area contributed by atoms with E-state index in [2.05, 4.69) is 10.4 Å². The zero-order valence-corrected chi connectivity index (χ0v) is 10.1. The Bertz CT molecular complexity index is 611. The first kappa shape index (κ1) is 10.2. The smallest absolute Gasteiger partial charge is 0.238 e. The van der Waals surface area contributed by atoms with Crippen molar-refractivity contribution in [1.82, 2.24) is 14.1 Å². The summed E-state index contributed by atoms with van der Waals surface area (Å²) in [6.45, 7) is 0.662. The maximum atomic E-state index is 5.28. The van der Waals surface area contributed by atoms with Gasteiger partial charge in [-0.15, -0.1) is 11.3 Å². The predicted molar refractivity (Wildman–Crippen MR) is 67.1 cm³/mol. The van der Waals surface area contributed by atoms with Crippen molar-refractivity contribution in [2.45, 2.75) is 6.54 Å². The Hall–Kier alpha value is -1.95. The van der Waals surface area contributed by atoms with Crippen LogP contribution in [0.2, 0.25) is 0 Å². The molecule has 0 aliphatic heterocycles. The molecule has 0 radical (unpaired) electrons. The Morgan fingerprint density at radius 3 is 2.94 bits per heavy atom. The van der Waals surface area contributed by atoms with Crippen LogP contribution in [0.5, 0.6) is 5.88 Å². The van der Waals surface area contributed by atoms with Crippen molar-refractivity contribution >= 4 is 16.3 Å². The van der Waals surface area contributed by atoms with Gasteiger partial charge >= 0.3 is 0 Å². The summed E-state index contributed by atoms with van der Waals surface area (Å²) in [5.74, 6) is 0.677. The maximum absolute atomic E-state index is 5.28. The fourth-order valence-corrected chi connectivity index (χ4v) is 2.47. The minimum Gasteiger partial charge on any atom is -0.480 e. The van der Waals surface area contributed by atoms with Gasteiger partial charge in [-0.3, -0.25) is 9.08 Å². The molecule has 0 aliphatic carbocycles. The Labute approximate surface area is 102 Å². The van der Waals surface area contributed by atoms with Gasteiger partial charge in [0.1, 0.15) is 5.69 Å². The van der Waals surface area contributed by atoms with Crippen LogP contribution in [0.3, 0.4) is 0 Å². The van der Waals surface area contributed by atoms with Crippen LogP contribution < -0.4 is 10.2 Å². The largest absolute Gasteiger partial charge is 0.480 e. The second-order valence-corrected chi connectivity index (χ2v) is 4.42. The number of hydrogen-bond donors (Lipinski definition) is 1. The zero-order valence-electron chi connectivity index (χ0n) is 9.33. The normalized spacial score (nSPS) is 10.9. The second-order valence-electron chi connectivity index (χ2n) is 3.55. The average molecular weight is 248 g/mol. The Balaban J connectivity index is 1.89. The van der Waals surface area contributed by atoms with Crippen LogP contribution >= 0.6 is 11.3 Å². The molecule has 0 saturated heterocycles. The molecule has 0 spiro atoms. The highest BCUT2D eigenvalue weighted by atomic mass is 32.1. The first-order valence-electron chi connectivity index (χ1n) is 5.24. The van der Waals surface area contributed by atoms with Crippen molar-refractivity contribution in [1.29, 1.82) is 0 Å². The highest BCUT2D eigenvalue weighted by Crippen LogP contribution is 2.22. The molecule has 0 aliphatic rings. The molecular weight excluding hydrogens is 236 g/mol. The number of nitrogens with one attached hydrogen (secondary N) is 1. The summed E-state index contributed by atoms with van der Waals surface area (Å²) in [5, 5.41) is 2.01. The van der Waals surface area contributed by atoms with E-state index in [-0.39, 0.29) is 0 Å². The van der Waals surface area contributed by atoms with Crippen LogP contribution in [0.25, 0.3) is 4.96 Å². The number of fused-ring (bicyclic) bond motifs is 1. The van der Waals surface area contributed by atoms with Gasteiger partial charge in [0.2, 0.25) is 5.88 Å². The van der Waals surface area contributed by atoms with Gasteiger partial charge in [0.05, 0.1) is 13.7 Å². The summed E-state index contributed by atoms with van der Waals surface area (Å²) in [6.07, 6.45) is 5.92. The van der Waals surface area contributed by atoms with Gasteiger partial charge in [-0.1, -0.05) is 0 Å². The van der Waals surface area contributed by atoms with E-state index in [0.29, 0.717) is 12.4 Å². The van der Waals surface area contributed by atoms with E-state index in [4.69, 9.17) is 4.74 Å². The summed E-state index contributed by atoms with van der Waals surface area (Å²) >= 11 is 1.60. The van der Waals surface area contributed by atoms with Gasteiger partial charge in [-0.25, -0.2) is 0 Å². The molecule has 1 N–H and O–H groups in total.